The maximum Gasteiger partial charge on any atom is 0.460 e. The molecule has 0 aromatic carbocycles. The second-order valence-corrected chi connectivity index (χ2v) is 10.0. The molecule has 0 aliphatic rings. The summed E-state index contributed by atoms with van der Waals surface area (Å²) in [7, 11) is -7.75. The SMILES string of the molecule is O=S(=O)(O)C(F)(F)C(Cl)(Cl)C(F)(F)C(F)(F)C(F)(F)C(F)(F)C(F)(F)C(F)(F)C(F)(F)C(F)(F)C(F)(F)C(F)(F)F. The zero-order valence-electron chi connectivity index (χ0n) is 17.1. The highest BCUT2D eigenvalue weighted by molar-refractivity contribution is 7.87. The fourth-order valence-corrected chi connectivity index (χ4v) is 3.37. The van der Waals surface area contributed by atoms with Crippen molar-refractivity contribution in [2.45, 2.75) is 69.1 Å². The third kappa shape index (κ3) is 4.63. The average Bonchev–Trinajstić information content (AvgIpc) is 2.70. The van der Waals surface area contributed by atoms with E-state index in [4.69, 9.17) is 4.55 Å². The molecule has 0 aromatic rings. The van der Waals surface area contributed by atoms with Gasteiger partial charge in [0, 0.05) is 0 Å². The molecule has 0 amide bonds. The molecule has 0 heterocycles. The zero-order valence-corrected chi connectivity index (χ0v) is 19.4. The van der Waals surface area contributed by atoms with Gasteiger partial charge in [-0.2, -0.15) is 109 Å². The lowest BCUT2D eigenvalue weighted by molar-refractivity contribution is -0.474. The minimum absolute atomic E-state index is 3.80. The molecule has 1 N–H and O–H groups in total. The van der Waals surface area contributed by atoms with E-state index in [-0.39, 0.29) is 0 Å². The molecule has 248 valence electrons. The van der Waals surface area contributed by atoms with Crippen LogP contribution in [0.25, 0.3) is 0 Å². The molecule has 0 bridgehead atoms. The second-order valence-electron chi connectivity index (χ2n) is 7.23. The van der Waals surface area contributed by atoms with Crippen molar-refractivity contribution in [2.75, 3.05) is 0 Å². The Bertz CT molecular complexity index is 1110. The second kappa shape index (κ2) is 9.44. The number of halogens is 25. The van der Waals surface area contributed by atoms with E-state index < -0.39 is 79.2 Å². The van der Waals surface area contributed by atoms with Gasteiger partial charge in [-0.15, -0.1) is 0 Å². The van der Waals surface area contributed by atoms with Crippen LogP contribution in [0.3, 0.4) is 0 Å². The van der Waals surface area contributed by atoms with E-state index in [1.165, 1.54) is 0 Å². The van der Waals surface area contributed by atoms with Gasteiger partial charge in [0.2, 0.25) is 0 Å². The minimum Gasteiger partial charge on any atom is -0.281 e. The summed E-state index contributed by atoms with van der Waals surface area (Å²) in [5, 5.41) is -7.36. The van der Waals surface area contributed by atoms with Crippen molar-refractivity contribution in [3.8, 4) is 0 Å². The van der Waals surface area contributed by atoms with E-state index in [0.717, 1.165) is 0 Å². The molecule has 41 heavy (non-hydrogen) atoms. The smallest absolute Gasteiger partial charge is 0.281 e. The fraction of sp³-hybridized carbons (Fsp3) is 1.00. The predicted molar refractivity (Wildman–Crippen MR) is 81.5 cm³/mol. The van der Waals surface area contributed by atoms with Crippen LogP contribution in [0.2, 0.25) is 0 Å². The predicted octanol–water partition coefficient (Wildman–Crippen LogP) is 7.92. The van der Waals surface area contributed by atoms with Crippen molar-refractivity contribution in [1.29, 1.82) is 0 Å². The third-order valence-corrected chi connectivity index (χ3v) is 6.72. The molecule has 0 atom stereocenters. The first-order valence-corrected chi connectivity index (χ1v) is 10.4. The number of hydrogen-bond donors (Lipinski definition) is 1. The van der Waals surface area contributed by atoms with Gasteiger partial charge in [0.1, 0.15) is 0 Å². The Morgan fingerprint density at radius 1 is 0.366 bits per heavy atom. The van der Waals surface area contributed by atoms with Crippen LogP contribution in [0.4, 0.5) is 101 Å². The molecular weight excluding hydrogens is 732 g/mol. The minimum atomic E-state index is -9.58. The van der Waals surface area contributed by atoms with Crippen molar-refractivity contribution in [1.82, 2.24) is 0 Å². The van der Waals surface area contributed by atoms with E-state index >= 15 is 0 Å². The van der Waals surface area contributed by atoms with E-state index in [2.05, 4.69) is 23.2 Å². The lowest BCUT2D eigenvalue weighted by Gasteiger charge is -2.46. The van der Waals surface area contributed by atoms with Crippen LogP contribution in [-0.2, 0) is 10.1 Å². The van der Waals surface area contributed by atoms with Crippen LogP contribution in [0.15, 0.2) is 0 Å². The summed E-state index contributed by atoms with van der Waals surface area (Å²) in [4.78, 5) is 0. The van der Waals surface area contributed by atoms with Crippen molar-refractivity contribution >= 4 is 33.3 Å². The van der Waals surface area contributed by atoms with Crippen LogP contribution >= 0.6 is 23.2 Å². The zero-order chi connectivity index (χ0) is 34.5. The molecule has 0 unspecified atom stereocenters. The van der Waals surface area contributed by atoms with Gasteiger partial charge < -0.3 is 0 Å². The van der Waals surface area contributed by atoms with Crippen molar-refractivity contribution in [2.24, 2.45) is 0 Å². The average molecular weight is 733 g/mol. The van der Waals surface area contributed by atoms with Crippen molar-refractivity contribution in [3.63, 3.8) is 0 Å². The van der Waals surface area contributed by atoms with Crippen LogP contribution in [0, 0.1) is 0 Å². The van der Waals surface area contributed by atoms with Gasteiger partial charge in [-0.05, 0) is 0 Å². The van der Waals surface area contributed by atoms with Crippen molar-refractivity contribution < 1.29 is 114 Å². The topological polar surface area (TPSA) is 54.4 Å². The fourth-order valence-electron chi connectivity index (χ4n) is 2.10. The lowest BCUT2D eigenvalue weighted by atomic mass is 9.85. The van der Waals surface area contributed by atoms with E-state index in [1.54, 1.807) is 0 Å². The first-order valence-electron chi connectivity index (χ1n) is 8.19. The quantitative estimate of drug-likeness (QED) is 0.134. The maximum absolute atomic E-state index is 13.8. The summed E-state index contributed by atoms with van der Waals surface area (Å²) in [5.74, 6) is -82.7. The van der Waals surface area contributed by atoms with Crippen molar-refractivity contribution in [3.05, 3.63) is 0 Å². The molecule has 0 rings (SSSR count). The third-order valence-electron chi connectivity index (χ3n) is 4.59. The largest absolute Gasteiger partial charge is 0.460 e. The molecule has 3 nitrogen and oxygen atoms in total. The molecule has 0 aromatic heterocycles. The number of hydrogen-bond acceptors (Lipinski definition) is 2. The molecule has 0 aliphatic carbocycles. The van der Waals surface area contributed by atoms with Gasteiger partial charge in [0.25, 0.3) is 4.33 Å². The van der Waals surface area contributed by atoms with Gasteiger partial charge in [-0.25, -0.2) is 0 Å². The summed E-state index contributed by atoms with van der Waals surface area (Å²) in [6, 6.07) is 0. The Kier molecular flexibility index (Phi) is 9.18. The summed E-state index contributed by atoms with van der Waals surface area (Å²) < 4.78 is 326. The molecule has 0 radical (unpaired) electrons. The summed E-state index contributed by atoms with van der Waals surface area (Å²) in [6.45, 7) is 0. The first-order chi connectivity index (χ1) is 17.0. The van der Waals surface area contributed by atoms with E-state index in [9.17, 15) is 109 Å². The molecule has 0 fully saturated rings. The number of rotatable bonds is 11. The Morgan fingerprint density at radius 2 is 0.537 bits per heavy atom. The monoisotopic (exact) mass is 732 g/mol. The van der Waals surface area contributed by atoms with Gasteiger partial charge in [0.05, 0.1) is 0 Å². The highest BCUT2D eigenvalue weighted by atomic mass is 35.5. The van der Waals surface area contributed by atoms with Gasteiger partial charge in [-0.3, -0.25) is 4.55 Å². The van der Waals surface area contributed by atoms with Gasteiger partial charge >= 0.3 is 74.9 Å². The van der Waals surface area contributed by atoms with Gasteiger partial charge in [-0.1, -0.05) is 23.2 Å². The number of alkyl halides is 25. The van der Waals surface area contributed by atoms with Crippen LogP contribution < -0.4 is 0 Å². The van der Waals surface area contributed by atoms with Crippen LogP contribution in [0.1, 0.15) is 0 Å². The Labute approximate surface area is 217 Å². The van der Waals surface area contributed by atoms with Gasteiger partial charge in [0.15, 0.2) is 0 Å². The Morgan fingerprint density at radius 3 is 0.707 bits per heavy atom. The van der Waals surface area contributed by atoms with E-state index in [0.29, 0.717) is 0 Å². The lowest BCUT2D eigenvalue weighted by Crippen LogP contribution is -2.78. The Balaban J connectivity index is 7.45. The molecule has 29 heteroatoms. The summed E-state index contributed by atoms with van der Waals surface area (Å²) in [5.41, 5.74) is 0. The highest BCUT2D eigenvalue weighted by Gasteiger charge is 2.99. The standard InChI is InChI=1S/C12HCl2F23O3S/c13-1(14,12(36,37)41(38,39)40)2(15,16)3(17,18)4(19,20)5(21,22)6(23,24)7(25,26)8(27,28)9(29,30)10(31,32)11(33,34)35/h(H,38,39,40). The molecular formula is C12HCl2F23O3S. The summed E-state index contributed by atoms with van der Waals surface area (Å²) in [6.07, 6.45) is -8.17. The molecule has 0 spiro atoms. The van der Waals surface area contributed by atoms with Crippen LogP contribution in [-0.4, -0.2) is 82.0 Å². The maximum atomic E-state index is 13.8. The molecule has 0 saturated carbocycles. The van der Waals surface area contributed by atoms with E-state index in [1.807, 2.05) is 0 Å². The normalized spacial score (nSPS) is 17.2. The van der Waals surface area contributed by atoms with Crippen LogP contribution in [0.5, 0.6) is 0 Å². The summed E-state index contributed by atoms with van der Waals surface area (Å²) >= 11 is 7.60. The first kappa shape index (κ1) is 39.9. The Hall–Kier alpha value is -1.12. The molecule has 0 saturated heterocycles. The molecule has 0 aliphatic heterocycles. The highest BCUT2D eigenvalue weighted by Crippen LogP contribution is 2.68.